The number of aryl methyl sites for hydroxylation is 1. The quantitative estimate of drug-likeness (QED) is 0.672. The van der Waals surface area contributed by atoms with Gasteiger partial charge in [-0.25, -0.2) is 9.78 Å². The molecule has 18 heavy (non-hydrogen) atoms. The van der Waals surface area contributed by atoms with E-state index in [0.717, 1.165) is 24.2 Å². The van der Waals surface area contributed by atoms with Crippen LogP contribution in [0.2, 0.25) is 0 Å². The number of carbonyl (C=O) groups is 2. The summed E-state index contributed by atoms with van der Waals surface area (Å²) in [5.41, 5.74) is 0.511. The van der Waals surface area contributed by atoms with Gasteiger partial charge in [-0.2, -0.15) is 0 Å². The van der Waals surface area contributed by atoms with Crippen LogP contribution in [0, 0.1) is 12.8 Å². The van der Waals surface area contributed by atoms with Crippen molar-refractivity contribution in [3.8, 4) is 0 Å². The van der Waals surface area contributed by atoms with Crippen LogP contribution in [0.1, 0.15) is 28.2 Å². The first-order valence-electron chi connectivity index (χ1n) is 5.80. The van der Waals surface area contributed by atoms with Crippen LogP contribution < -0.4 is 10.6 Å². The molecule has 1 heterocycles. The molecule has 1 saturated carbocycles. The number of carboxylic acid groups (broad SMARTS) is 1. The van der Waals surface area contributed by atoms with Crippen molar-refractivity contribution in [3.05, 3.63) is 10.6 Å². The van der Waals surface area contributed by atoms with Gasteiger partial charge in [0.25, 0.3) is 0 Å². The highest BCUT2D eigenvalue weighted by Crippen LogP contribution is 2.28. The zero-order valence-corrected chi connectivity index (χ0v) is 10.8. The monoisotopic (exact) mass is 269 g/mol. The average molecular weight is 269 g/mol. The summed E-state index contributed by atoms with van der Waals surface area (Å²) in [6, 6.07) is 0. The van der Waals surface area contributed by atoms with E-state index in [2.05, 4.69) is 15.6 Å². The van der Waals surface area contributed by atoms with E-state index in [1.165, 1.54) is 0 Å². The number of aromatic carboxylic acids is 1. The van der Waals surface area contributed by atoms with Crippen LogP contribution in [0.25, 0.3) is 0 Å². The first-order chi connectivity index (χ1) is 8.58. The lowest BCUT2D eigenvalue weighted by Gasteiger charge is -2.04. The number of rotatable bonds is 6. The number of hydrogen-bond donors (Lipinski definition) is 3. The number of nitrogens with one attached hydrogen (secondary N) is 2. The fourth-order valence-electron chi connectivity index (χ4n) is 1.52. The van der Waals surface area contributed by atoms with E-state index in [0.29, 0.717) is 23.9 Å². The Morgan fingerprint density at radius 3 is 2.72 bits per heavy atom. The van der Waals surface area contributed by atoms with Crippen LogP contribution in [0.5, 0.6) is 0 Å². The minimum absolute atomic E-state index is 0.110. The van der Waals surface area contributed by atoms with Gasteiger partial charge in [0, 0.05) is 19.0 Å². The number of nitrogens with zero attached hydrogens (tertiary/aromatic N) is 1. The van der Waals surface area contributed by atoms with Crippen molar-refractivity contribution in [2.75, 3.05) is 18.4 Å². The van der Waals surface area contributed by atoms with E-state index < -0.39 is 5.97 Å². The number of thiazole rings is 1. The van der Waals surface area contributed by atoms with E-state index in [4.69, 9.17) is 5.11 Å². The summed E-state index contributed by atoms with van der Waals surface area (Å²) < 4.78 is 0. The summed E-state index contributed by atoms with van der Waals surface area (Å²) in [6.45, 7) is 2.74. The van der Waals surface area contributed by atoms with Crippen LogP contribution in [0.15, 0.2) is 0 Å². The third-order valence-corrected chi connectivity index (χ3v) is 3.74. The van der Waals surface area contributed by atoms with Gasteiger partial charge in [-0.3, -0.25) is 4.79 Å². The Morgan fingerprint density at radius 1 is 1.44 bits per heavy atom. The Balaban J connectivity index is 1.74. The second kappa shape index (κ2) is 5.34. The van der Waals surface area contributed by atoms with Crippen molar-refractivity contribution < 1.29 is 14.7 Å². The van der Waals surface area contributed by atoms with Crippen molar-refractivity contribution in [3.63, 3.8) is 0 Å². The Labute approximate surface area is 108 Å². The number of anilines is 1. The molecule has 1 aliphatic rings. The smallest absolute Gasteiger partial charge is 0.347 e. The van der Waals surface area contributed by atoms with Gasteiger partial charge in [-0.05, 0) is 19.8 Å². The molecular formula is C11H15N3O3S. The standard InChI is InChI=1S/C11H15N3O3S/c1-6-8(10(16)17)18-11(14-6)13-5-4-12-9(15)7-2-3-7/h7H,2-5H2,1H3,(H,12,15)(H,13,14)(H,16,17). The Hall–Kier alpha value is -1.63. The second-order valence-electron chi connectivity index (χ2n) is 4.23. The summed E-state index contributed by atoms with van der Waals surface area (Å²) >= 11 is 1.11. The van der Waals surface area contributed by atoms with Crippen LogP contribution in [0.3, 0.4) is 0 Å². The third-order valence-electron chi connectivity index (χ3n) is 2.64. The summed E-state index contributed by atoms with van der Waals surface area (Å²) in [4.78, 5) is 26.5. The molecule has 1 amide bonds. The molecule has 0 aliphatic heterocycles. The molecule has 3 N–H and O–H groups in total. The van der Waals surface area contributed by atoms with E-state index in [1.54, 1.807) is 6.92 Å². The molecular weight excluding hydrogens is 254 g/mol. The highest BCUT2D eigenvalue weighted by molar-refractivity contribution is 7.17. The Bertz CT molecular complexity index is 468. The van der Waals surface area contributed by atoms with Crippen molar-refractivity contribution >= 4 is 28.3 Å². The maximum Gasteiger partial charge on any atom is 0.347 e. The second-order valence-corrected chi connectivity index (χ2v) is 5.23. The molecule has 7 heteroatoms. The number of amides is 1. The molecule has 0 radical (unpaired) electrons. The zero-order valence-electron chi connectivity index (χ0n) is 10.0. The molecule has 98 valence electrons. The Morgan fingerprint density at radius 2 is 2.17 bits per heavy atom. The molecule has 1 aliphatic carbocycles. The summed E-state index contributed by atoms with van der Waals surface area (Å²) in [5.74, 6) is -0.635. The molecule has 1 fully saturated rings. The highest BCUT2D eigenvalue weighted by atomic mass is 32.1. The van der Waals surface area contributed by atoms with E-state index in [1.807, 2.05) is 0 Å². The number of carboxylic acids is 1. The molecule has 1 aromatic heterocycles. The van der Waals surface area contributed by atoms with Crippen molar-refractivity contribution in [1.29, 1.82) is 0 Å². The maximum absolute atomic E-state index is 11.3. The summed E-state index contributed by atoms with van der Waals surface area (Å²) in [7, 11) is 0. The first-order valence-corrected chi connectivity index (χ1v) is 6.62. The van der Waals surface area contributed by atoms with E-state index in [-0.39, 0.29) is 16.7 Å². The van der Waals surface area contributed by atoms with E-state index >= 15 is 0 Å². The largest absolute Gasteiger partial charge is 0.477 e. The van der Waals surface area contributed by atoms with Crippen LogP contribution in [-0.4, -0.2) is 35.1 Å². The Kier molecular flexibility index (Phi) is 3.81. The maximum atomic E-state index is 11.3. The van der Waals surface area contributed by atoms with Gasteiger partial charge >= 0.3 is 5.97 Å². The highest BCUT2D eigenvalue weighted by Gasteiger charge is 2.28. The van der Waals surface area contributed by atoms with Gasteiger partial charge in [0.2, 0.25) is 5.91 Å². The topological polar surface area (TPSA) is 91.3 Å². The average Bonchev–Trinajstić information content (AvgIpc) is 3.08. The molecule has 0 atom stereocenters. The van der Waals surface area contributed by atoms with E-state index in [9.17, 15) is 9.59 Å². The summed E-state index contributed by atoms with van der Waals surface area (Å²) in [6.07, 6.45) is 1.99. The fraction of sp³-hybridized carbons (Fsp3) is 0.545. The predicted molar refractivity (Wildman–Crippen MR) is 68.0 cm³/mol. The molecule has 2 rings (SSSR count). The van der Waals surface area contributed by atoms with Crippen molar-refractivity contribution in [2.24, 2.45) is 5.92 Å². The SMILES string of the molecule is Cc1nc(NCCNC(=O)C2CC2)sc1C(=O)O. The molecule has 0 bridgehead atoms. The van der Waals surface area contributed by atoms with Gasteiger partial charge in [0.1, 0.15) is 4.88 Å². The lowest BCUT2D eigenvalue weighted by atomic mass is 10.4. The molecule has 1 aromatic rings. The number of carbonyl (C=O) groups excluding carboxylic acids is 1. The van der Waals surface area contributed by atoms with Crippen LogP contribution >= 0.6 is 11.3 Å². The normalized spacial score (nSPS) is 14.3. The minimum atomic E-state index is -0.958. The van der Waals surface area contributed by atoms with Crippen LogP contribution in [-0.2, 0) is 4.79 Å². The predicted octanol–water partition coefficient (Wildman–Crippen LogP) is 1.09. The minimum Gasteiger partial charge on any atom is -0.477 e. The van der Waals surface area contributed by atoms with Gasteiger partial charge in [0.05, 0.1) is 5.69 Å². The third kappa shape index (κ3) is 3.19. The molecule has 0 saturated heterocycles. The molecule has 0 spiro atoms. The van der Waals surface area contributed by atoms with Crippen molar-refractivity contribution in [2.45, 2.75) is 19.8 Å². The van der Waals surface area contributed by atoms with Crippen molar-refractivity contribution in [1.82, 2.24) is 10.3 Å². The van der Waals surface area contributed by atoms with Gasteiger partial charge in [-0.15, -0.1) is 0 Å². The zero-order chi connectivity index (χ0) is 13.1. The fourth-order valence-corrected chi connectivity index (χ4v) is 2.35. The molecule has 6 nitrogen and oxygen atoms in total. The number of aromatic nitrogens is 1. The summed E-state index contributed by atoms with van der Waals surface area (Å²) in [5, 5.41) is 15.3. The van der Waals surface area contributed by atoms with Gasteiger partial charge in [-0.1, -0.05) is 11.3 Å². The van der Waals surface area contributed by atoms with Gasteiger partial charge in [0.15, 0.2) is 5.13 Å². The lowest BCUT2D eigenvalue weighted by Crippen LogP contribution is -2.29. The van der Waals surface area contributed by atoms with Crippen LogP contribution in [0.4, 0.5) is 5.13 Å². The first kappa shape index (κ1) is 12.8. The lowest BCUT2D eigenvalue weighted by molar-refractivity contribution is -0.122. The molecule has 0 aromatic carbocycles. The number of hydrogen-bond acceptors (Lipinski definition) is 5. The molecule has 0 unspecified atom stereocenters. The van der Waals surface area contributed by atoms with Gasteiger partial charge < -0.3 is 15.7 Å².